The predicted molar refractivity (Wildman–Crippen MR) is 110 cm³/mol. The van der Waals surface area contributed by atoms with Crippen LogP contribution < -0.4 is 0 Å². The summed E-state index contributed by atoms with van der Waals surface area (Å²) in [6, 6.07) is 0. The van der Waals surface area contributed by atoms with Crippen molar-refractivity contribution in [3.63, 3.8) is 0 Å². The maximum absolute atomic E-state index is 5.97. The third-order valence-electron chi connectivity index (χ3n) is 2.84. The molecule has 2 nitrogen and oxygen atoms in total. The second-order valence-corrected chi connectivity index (χ2v) is 23.3. The predicted octanol–water partition coefficient (Wildman–Crippen LogP) is 5.33. The van der Waals surface area contributed by atoms with E-state index in [1.165, 1.54) is 0 Å². The van der Waals surface area contributed by atoms with Crippen LogP contribution in [0.15, 0.2) is 36.0 Å². The van der Waals surface area contributed by atoms with Crippen molar-refractivity contribution in [3.8, 4) is 0 Å². The third-order valence-corrected chi connectivity index (χ3v) is 14.8. The van der Waals surface area contributed by atoms with E-state index in [0.29, 0.717) is 0 Å². The van der Waals surface area contributed by atoms with Crippen LogP contribution >= 0.6 is 0 Å². The van der Waals surface area contributed by atoms with Crippen LogP contribution in [0.5, 0.6) is 0 Å². The van der Waals surface area contributed by atoms with E-state index in [4.69, 9.17) is 21.4 Å². The van der Waals surface area contributed by atoms with Crippen molar-refractivity contribution < 1.29 is 29.3 Å². The van der Waals surface area contributed by atoms with Gasteiger partial charge in [-0.05, 0) is 52.4 Å². The Balaban J connectivity index is -0.000000333. The Labute approximate surface area is 163 Å². The topological polar surface area (TPSA) is 18.5 Å². The van der Waals surface area contributed by atoms with Crippen LogP contribution in [-0.4, -0.2) is 33.3 Å². The number of hydrogen-bond donors (Lipinski definition) is 0. The molecule has 0 aromatic heterocycles. The zero-order chi connectivity index (χ0) is 18.2. The summed E-state index contributed by atoms with van der Waals surface area (Å²) < 4.78 is 11.8. The van der Waals surface area contributed by atoms with Crippen molar-refractivity contribution in [2.45, 2.75) is 52.4 Å². The molecule has 0 aliphatic rings. The van der Waals surface area contributed by atoms with E-state index in [2.05, 4.69) is 65.5 Å². The Bertz CT molecular complexity index is 331. The molecular weight excluding hydrogens is 532 g/mol. The van der Waals surface area contributed by atoms with Crippen LogP contribution in [0.1, 0.15) is 0 Å². The molecule has 0 spiro atoms. The van der Waals surface area contributed by atoms with E-state index in [9.17, 15) is 0 Å². The largest absolute Gasteiger partial charge is 2.00 e. The maximum Gasteiger partial charge on any atom is 2.00 e. The van der Waals surface area contributed by atoms with Crippen LogP contribution in [0.4, 0.5) is 0 Å². The van der Waals surface area contributed by atoms with E-state index in [-0.39, 0.29) is 21.1 Å². The van der Waals surface area contributed by atoms with E-state index < -0.39 is 33.3 Å². The fraction of sp³-hybridized carbons (Fsp3) is 0.500. The van der Waals surface area contributed by atoms with Crippen LogP contribution in [0, 0.1) is 13.2 Å². The van der Waals surface area contributed by atoms with Gasteiger partial charge in [0.05, 0.1) is 0 Å². The minimum atomic E-state index is -1.73. The summed E-state index contributed by atoms with van der Waals surface area (Å²) >= 11 is 0. The normalized spacial score (nSPS) is 12.2. The Morgan fingerprint density at radius 3 is 1.00 bits per heavy atom. The Morgan fingerprint density at radius 2 is 0.826 bits per heavy atom. The van der Waals surface area contributed by atoms with Gasteiger partial charge in [0, 0.05) is 0 Å². The molecule has 136 valence electrons. The van der Waals surface area contributed by atoms with E-state index >= 15 is 0 Å². The average Bonchev–Trinajstić information content (AvgIpc) is 2.37. The van der Waals surface area contributed by atoms with Gasteiger partial charge in [-0.25, -0.2) is 0 Å². The van der Waals surface area contributed by atoms with Gasteiger partial charge in [-0.2, -0.15) is 0 Å². The molecule has 0 aromatic rings. The quantitative estimate of drug-likeness (QED) is 0.293. The molecule has 7 heteroatoms. The van der Waals surface area contributed by atoms with Crippen molar-refractivity contribution in [1.82, 2.24) is 0 Å². The molecular formula is C16H34O2PtSi4. The van der Waals surface area contributed by atoms with Crippen LogP contribution in [-0.2, 0) is 29.3 Å². The summed E-state index contributed by atoms with van der Waals surface area (Å²) in [5.74, 6) is 0. The number of hydrogen-bond acceptors (Lipinski definition) is 2. The van der Waals surface area contributed by atoms with Gasteiger partial charge in [0.25, 0.3) is 0 Å². The third kappa shape index (κ3) is 15.7. The molecule has 0 saturated carbocycles. The molecule has 0 bridgehead atoms. The summed E-state index contributed by atoms with van der Waals surface area (Å²) in [5.41, 5.74) is 7.30. The zero-order valence-corrected chi connectivity index (χ0v) is 22.3. The fourth-order valence-electron chi connectivity index (χ4n) is 1.51. The molecule has 0 N–H and O–H groups in total. The van der Waals surface area contributed by atoms with Crippen LogP contribution in [0.25, 0.3) is 0 Å². The molecule has 0 atom stereocenters. The van der Waals surface area contributed by atoms with Gasteiger partial charge in [-0.3, -0.25) is 11.4 Å². The van der Waals surface area contributed by atoms with E-state index in [1.54, 1.807) is 11.4 Å². The van der Waals surface area contributed by atoms with Gasteiger partial charge < -0.3 is 21.4 Å². The Hall–Kier alpha value is 0.436. The minimum Gasteiger partial charge on any atom is -0.520 e. The maximum atomic E-state index is 5.97. The first-order valence-corrected chi connectivity index (χ1v) is 19.4. The molecule has 0 aliphatic carbocycles. The first-order chi connectivity index (χ1) is 9.66. The molecule has 0 radical (unpaired) electrons. The molecule has 0 aliphatic heterocycles. The molecule has 0 fully saturated rings. The van der Waals surface area contributed by atoms with Crippen LogP contribution in [0.3, 0.4) is 0 Å². The standard InChI is InChI=1S/C8H18OSi2.C8H16OSi2.Pt/c2*1-7-10(3,4)9-11(5,6)8-2;/h7-8H,1-2H2,3-6H3;1-2,7-8H,3-6H3;/q;-2;+2. The first kappa shape index (κ1) is 28.2. The second kappa shape index (κ2) is 11.1. The molecule has 0 unspecified atom stereocenters. The van der Waals surface area contributed by atoms with Gasteiger partial charge >= 0.3 is 21.1 Å². The van der Waals surface area contributed by atoms with Gasteiger partial charge in [-0.15, -0.1) is 13.2 Å². The number of rotatable bonds is 8. The Kier molecular flexibility index (Phi) is 13.7. The van der Waals surface area contributed by atoms with Crippen molar-refractivity contribution in [1.29, 1.82) is 0 Å². The van der Waals surface area contributed by atoms with Crippen molar-refractivity contribution in [2.75, 3.05) is 0 Å². The minimum absolute atomic E-state index is 0. The van der Waals surface area contributed by atoms with Gasteiger partial charge in [0.2, 0.25) is 0 Å². The SMILES string of the molecule is C=C[Si](C)(C)O[Si](C)(C)C=C.[CH-]=C[Si](C)(C)O[Si](C)(C)C=[CH-].[Pt+2]. The van der Waals surface area contributed by atoms with Crippen molar-refractivity contribution in [3.05, 3.63) is 49.1 Å². The summed E-state index contributed by atoms with van der Waals surface area (Å²) in [4.78, 5) is 0. The molecule has 0 heterocycles. The molecule has 0 amide bonds. The van der Waals surface area contributed by atoms with Gasteiger partial charge in [0.15, 0.2) is 33.3 Å². The molecule has 0 rings (SSSR count). The molecule has 23 heavy (non-hydrogen) atoms. The van der Waals surface area contributed by atoms with Crippen molar-refractivity contribution >= 4 is 33.3 Å². The van der Waals surface area contributed by atoms with Gasteiger partial charge in [-0.1, -0.05) is 11.4 Å². The molecule has 0 saturated heterocycles. The van der Waals surface area contributed by atoms with Crippen LogP contribution in [0.2, 0.25) is 52.4 Å². The second-order valence-electron chi connectivity index (χ2n) is 7.36. The fourth-order valence-corrected chi connectivity index (χ4v) is 13.6. The zero-order valence-electron chi connectivity index (χ0n) is 16.0. The average molecular weight is 566 g/mol. The summed E-state index contributed by atoms with van der Waals surface area (Å²) in [6.45, 7) is 35.3. The summed E-state index contributed by atoms with van der Waals surface area (Å²) in [6.07, 6.45) is 0. The summed E-state index contributed by atoms with van der Waals surface area (Å²) in [7, 11) is -6.62. The Morgan fingerprint density at radius 1 is 0.609 bits per heavy atom. The van der Waals surface area contributed by atoms with Crippen molar-refractivity contribution in [2.24, 2.45) is 0 Å². The monoisotopic (exact) mass is 565 g/mol. The molecule has 0 aromatic carbocycles. The van der Waals surface area contributed by atoms with E-state index in [1.807, 2.05) is 11.4 Å². The van der Waals surface area contributed by atoms with Gasteiger partial charge in [0.1, 0.15) is 0 Å². The summed E-state index contributed by atoms with van der Waals surface area (Å²) in [5, 5.41) is 0. The smallest absolute Gasteiger partial charge is 0.520 e. The van der Waals surface area contributed by atoms with E-state index in [0.717, 1.165) is 0 Å². The first-order valence-electron chi connectivity index (χ1n) is 7.45.